The zero-order chi connectivity index (χ0) is 56.8. The minimum absolute atomic E-state index is 0.00825. The van der Waals surface area contributed by atoms with E-state index >= 15 is 0 Å². The zero-order valence-electron chi connectivity index (χ0n) is 42.1. The Morgan fingerprint density at radius 1 is 0.633 bits per heavy atom. The monoisotopic (exact) mass is 1110 g/mol. The van der Waals surface area contributed by atoms with Crippen LogP contribution >= 0.6 is 0 Å². The van der Waals surface area contributed by atoms with Crippen LogP contribution in [0.4, 0.5) is 0 Å². The van der Waals surface area contributed by atoms with Crippen LogP contribution in [0.5, 0.6) is 51.7 Å². The molecule has 0 amide bonds. The topological polar surface area (TPSA) is 391 Å². The molecule has 79 heavy (non-hydrogen) atoms. The predicted molar refractivity (Wildman–Crippen MR) is 266 cm³/mol. The Morgan fingerprint density at radius 2 is 1.28 bits per heavy atom. The Balaban J connectivity index is 1.13. The summed E-state index contributed by atoms with van der Waals surface area (Å²) in [5.74, 6) is -3.33. The summed E-state index contributed by atoms with van der Waals surface area (Å²) in [5, 5.41) is 129. The molecule has 0 aliphatic carbocycles. The lowest BCUT2D eigenvalue weighted by molar-refractivity contribution is -0.353. The number of hydrogen-bond donors (Lipinski definition) is 12. The molecule has 15 atom stereocenters. The van der Waals surface area contributed by atoms with Crippen molar-refractivity contribution in [1.82, 2.24) is 0 Å². The van der Waals surface area contributed by atoms with Gasteiger partial charge in [0.1, 0.15) is 84.4 Å². The fourth-order valence-corrected chi connectivity index (χ4v) is 8.76. The van der Waals surface area contributed by atoms with Crippen molar-refractivity contribution in [3.05, 3.63) is 107 Å². The molecule has 4 heterocycles. The first kappa shape index (κ1) is 57.7. The molecule has 0 bridgehead atoms. The molecule has 13 N–H and O–H groups in total. The van der Waals surface area contributed by atoms with Gasteiger partial charge in [-0.2, -0.15) is 0 Å². The molecule has 0 spiro atoms. The second-order valence-corrected chi connectivity index (χ2v) is 18.3. The van der Waals surface area contributed by atoms with Gasteiger partial charge in [0.05, 0.1) is 46.2 Å². The number of benzene rings is 4. The Bertz CT molecular complexity index is 2850. The van der Waals surface area contributed by atoms with Gasteiger partial charge in [0.15, 0.2) is 47.3 Å². The fourth-order valence-electron chi connectivity index (χ4n) is 8.76. The van der Waals surface area contributed by atoms with Crippen LogP contribution in [0.1, 0.15) is 28.4 Å². The van der Waals surface area contributed by atoms with Gasteiger partial charge < -0.3 is 118 Å². The van der Waals surface area contributed by atoms with Gasteiger partial charge in [-0.1, -0.05) is 6.07 Å². The summed E-state index contributed by atoms with van der Waals surface area (Å²) in [6.07, 6.45) is -20.8. The largest absolute Gasteiger partial charge is 0.571 e. The number of fused-ring (bicyclic) bond motifs is 1. The summed E-state index contributed by atoms with van der Waals surface area (Å²) in [6, 6.07) is 15.0. The van der Waals surface area contributed by atoms with Crippen LogP contribution in [-0.2, 0) is 42.7 Å². The lowest BCUT2D eigenvalue weighted by Gasteiger charge is -2.45. The molecule has 4 aromatic carbocycles. The molecule has 26 heteroatoms. The molecule has 3 saturated heterocycles. The quantitative estimate of drug-likeness (QED) is 0.0350. The van der Waals surface area contributed by atoms with E-state index < -0.39 is 130 Å². The van der Waals surface area contributed by atoms with Crippen molar-refractivity contribution < 1.29 is 128 Å². The van der Waals surface area contributed by atoms with E-state index in [1.54, 1.807) is 0 Å². The number of methoxy groups -OCH3 is 3. The molecule has 8 rings (SSSR count). The van der Waals surface area contributed by atoms with Gasteiger partial charge in [-0.15, -0.1) is 0 Å². The molecule has 15 unspecified atom stereocenters. The summed E-state index contributed by atoms with van der Waals surface area (Å²) in [7, 11) is 3.93. The van der Waals surface area contributed by atoms with Crippen molar-refractivity contribution >= 4 is 30.2 Å². The normalized spacial score (nSPS) is 29.7. The SMILES string of the molecule is COc1cc(C=CC(=O)OCC2OC(OC3=Cc4c(OC5OC(CO)C(O)C(O)C5O)cc(O)cc4[OH+]C3c3ccc(O)cc3)C(OC3OCC(O)C(O)C3OC(=O)C=Cc3cc(OC)c(O)c(OC)c3)C(O)C2O)ccc1O. The lowest BCUT2D eigenvalue weighted by Crippen LogP contribution is -2.63. The number of hydrogen-bond acceptors (Lipinski definition) is 25. The maximum atomic E-state index is 13.4. The summed E-state index contributed by atoms with van der Waals surface area (Å²) in [6.45, 7) is -2.15. The molecule has 0 saturated carbocycles. The van der Waals surface area contributed by atoms with Crippen molar-refractivity contribution in [2.24, 2.45) is 0 Å². The number of aliphatic hydroxyl groups is 9. The summed E-state index contributed by atoms with van der Waals surface area (Å²) >= 11 is 0. The molecular weight excluding hydrogens is 1050 g/mol. The molecule has 3 fully saturated rings. The van der Waals surface area contributed by atoms with Crippen LogP contribution in [0.3, 0.4) is 0 Å². The molecule has 4 aliphatic heterocycles. The van der Waals surface area contributed by atoms with E-state index in [-0.39, 0.29) is 57.3 Å². The zero-order valence-corrected chi connectivity index (χ0v) is 42.1. The van der Waals surface area contributed by atoms with Gasteiger partial charge >= 0.3 is 11.9 Å². The maximum absolute atomic E-state index is 13.4. The number of esters is 2. The highest BCUT2D eigenvalue weighted by Crippen LogP contribution is 2.47. The molecule has 4 aromatic rings. The Kier molecular flexibility index (Phi) is 18.4. The third-order valence-corrected chi connectivity index (χ3v) is 13.0. The highest BCUT2D eigenvalue weighted by atomic mass is 16.8. The number of aliphatic hydroxyl groups excluding tert-OH is 8. The van der Waals surface area contributed by atoms with Crippen LogP contribution in [0.2, 0.25) is 0 Å². The van der Waals surface area contributed by atoms with Crippen molar-refractivity contribution in [2.75, 3.05) is 41.2 Å². The Morgan fingerprint density at radius 3 is 1.96 bits per heavy atom. The first-order valence-corrected chi connectivity index (χ1v) is 24.2. The Hall–Kier alpha value is -7.44. The van der Waals surface area contributed by atoms with Gasteiger partial charge in [-0.05, 0) is 71.8 Å². The van der Waals surface area contributed by atoms with E-state index in [1.807, 2.05) is 0 Å². The van der Waals surface area contributed by atoms with E-state index in [1.165, 1.54) is 100 Å². The maximum Gasteiger partial charge on any atom is 0.331 e. The van der Waals surface area contributed by atoms with Crippen molar-refractivity contribution in [2.45, 2.75) is 92.1 Å². The third kappa shape index (κ3) is 13.0. The van der Waals surface area contributed by atoms with Crippen molar-refractivity contribution in [1.29, 1.82) is 0 Å². The highest BCUT2D eigenvalue weighted by Gasteiger charge is 2.53. The highest BCUT2D eigenvalue weighted by molar-refractivity contribution is 5.88. The third-order valence-electron chi connectivity index (χ3n) is 13.0. The van der Waals surface area contributed by atoms with E-state index in [0.717, 1.165) is 18.2 Å². The molecule has 26 nitrogen and oxygen atoms in total. The minimum atomic E-state index is -2.08. The van der Waals surface area contributed by atoms with Gasteiger partial charge in [0.25, 0.3) is 11.9 Å². The number of rotatable bonds is 18. The van der Waals surface area contributed by atoms with Gasteiger partial charge in [0.2, 0.25) is 18.3 Å². The van der Waals surface area contributed by atoms with Crippen LogP contribution in [-0.4, -0.2) is 205 Å². The molecule has 0 radical (unpaired) electrons. The smallest absolute Gasteiger partial charge is 0.331 e. The number of ether oxygens (including phenoxy) is 12. The van der Waals surface area contributed by atoms with E-state index in [4.69, 9.17) is 56.8 Å². The van der Waals surface area contributed by atoms with Crippen molar-refractivity contribution in [3.8, 4) is 51.7 Å². The summed E-state index contributed by atoms with van der Waals surface area (Å²) in [5.41, 5.74) is 1.08. The average molecular weight is 1110 g/mol. The van der Waals surface area contributed by atoms with Gasteiger partial charge in [0, 0.05) is 24.3 Å². The number of carbonyl (C=O) groups is 2. The molecule has 0 aromatic heterocycles. The van der Waals surface area contributed by atoms with Crippen LogP contribution in [0.25, 0.3) is 18.2 Å². The summed E-state index contributed by atoms with van der Waals surface area (Å²) < 4.78 is 67.6. The van der Waals surface area contributed by atoms with E-state index in [2.05, 4.69) is 0 Å². The Labute approximate surface area is 448 Å². The van der Waals surface area contributed by atoms with Gasteiger partial charge in [-0.3, -0.25) is 0 Å². The number of phenols is 4. The lowest BCUT2D eigenvalue weighted by atomic mass is 9.97. The minimum Gasteiger partial charge on any atom is -0.571 e. The molecule has 4 aliphatic rings. The number of carbonyl (C=O) groups excluding carboxylic acids is 2. The first-order chi connectivity index (χ1) is 37.8. The van der Waals surface area contributed by atoms with Crippen LogP contribution in [0.15, 0.2) is 84.6 Å². The van der Waals surface area contributed by atoms with Crippen LogP contribution < -0.4 is 18.9 Å². The average Bonchev–Trinajstić information content (AvgIpc) is 3.45. The molecular formula is C53H59O26+. The first-order valence-electron chi connectivity index (χ1n) is 24.2. The second-order valence-electron chi connectivity index (χ2n) is 18.3. The van der Waals surface area contributed by atoms with Crippen LogP contribution in [0, 0.1) is 0 Å². The second kappa shape index (κ2) is 25.1. The van der Waals surface area contributed by atoms with Gasteiger partial charge in [-0.25, -0.2) is 9.59 Å². The predicted octanol–water partition coefficient (Wildman–Crippen LogP) is -0.141. The van der Waals surface area contributed by atoms with E-state index in [0.29, 0.717) is 16.7 Å². The van der Waals surface area contributed by atoms with Crippen molar-refractivity contribution in [3.63, 3.8) is 0 Å². The van der Waals surface area contributed by atoms with E-state index in [9.17, 15) is 70.9 Å². The fraction of sp³-hybridized carbons (Fsp3) is 0.396. The number of aromatic hydroxyl groups is 5. The molecule has 426 valence electrons. The summed E-state index contributed by atoms with van der Waals surface area (Å²) in [4.78, 5) is 26.5. The number of phenolic OH excluding ortho intramolecular Hbond substituents is 4. The standard InChI is InChI=1S/C53H58O26/c1-68-33-14-23(4-11-29(33)57)5-12-39(59)71-22-38-44(64)46(66)50(79-52-49(41(61)30(58)21-72-52)78-40(60)13-6-24-15-34(69-2)42(62)35(16-24)70-3)53(77-38)75-36-19-28-31(73-48(36)25-7-9-26(55)10-8-25)17-27(56)18-32(28)74-51-47(67)45(65)43(63)37(20-54)76-51/h4-19,30,37-38,41,43-58,61-67H,20-22H2,1-3H3/p+1.